The molecule has 10 heteroatoms. The molecule has 2 aromatic rings. The van der Waals surface area contributed by atoms with Gasteiger partial charge in [-0.2, -0.15) is 0 Å². The number of anilines is 2. The predicted octanol–water partition coefficient (Wildman–Crippen LogP) is 2.02. The van der Waals surface area contributed by atoms with Gasteiger partial charge < -0.3 is 11.1 Å². The summed E-state index contributed by atoms with van der Waals surface area (Å²) in [7, 11) is 0. The number of halogens is 1. The maximum atomic E-state index is 14.1. The molecule has 0 saturated heterocycles. The Morgan fingerprint density at radius 3 is 2.74 bits per heavy atom. The number of carbonyl (C=O) groups is 1. The Kier molecular flexibility index (Phi) is 5.88. The number of rotatable bonds is 6. The second-order valence-electron chi connectivity index (χ2n) is 6.58. The molecule has 0 saturated carbocycles. The fourth-order valence-corrected chi connectivity index (χ4v) is 2.57. The van der Waals surface area contributed by atoms with Gasteiger partial charge in [0.1, 0.15) is 12.2 Å². The number of aromatic nitrogens is 2. The SMILES string of the molecule is Cc1cc([N+](=O)[O-])c(=O)n(CC(=O)Nc2c(F)cnc(CC(C)C)c2N)c1. The molecule has 2 heterocycles. The van der Waals surface area contributed by atoms with Crippen molar-refractivity contribution in [3.8, 4) is 0 Å². The summed E-state index contributed by atoms with van der Waals surface area (Å²) >= 11 is 0. The first-order valence-corrected chi connectivity index (χ1v) is 8.18. The second kappa shape index (κ2) is 7.94. The van der Waals surface area contributed by atoms with E-state index in [4.69, 9.17) is 5.73 Å². The molecule has 0 fully saturated rings. The minimum atomic E-state index is -0.926. The van der Waals surface area contributed by atoms with E-state index in [0.717, 1.165) is 16.8 Å². The van der Waals surface area contributed by atoms with Crippen molar-refractivity contribution < 1.29 is 14.1 Å². The molecule has 0 aliphatic rings. The number of amides is 1. The molecule has 0 bridgehead atoms. The zero-order valence-corrected chi connectivity index (χ0v) is 15.2. The van der Waals surface area contributed by atoms with Crippen LogP contribution >= 0.6 is 0 Å². The lowest BCUT2D eigenvalue weighted by atomic mass is 10.1. The summed E-state index contributed by atoms with van der Waals surface area (Å²) in [6, 6.07) is 1.12. The summed E-state index contributed by atoms with van der Waals surface area (Å²) in [4.78, 5) is 38.4. The topological polar surface area (TPSA) is 133 Å². The van der Waals surface area contributed by atoms with Gasteiger partial charge in [-0.3, -0.25) is 29.3 Å². The number of nitrogen functional groups attached to an aromatic ring is 1. The van der Waals surface area contributed by atoms with Crippen LogP contribution < -0.4 is 16.6 Å². The third-order valence-corrected chi connectivity index (χ3v) is 3.73. The minimum absolute atomic E-state index is 0.0135. The first kappa shape index (κ1) is 20.0. The van der Waals surface area contributed by atoms with Crippen LogP contribution in [-0.4, -0.2) is 20.4 Å². The predicted molar refractivity (Wildman–Crippen MR) is 97.9 cm³/mol. The van der Waals surface area contributed by atoms with Crippen LogP contribution in [0.2, 0.25) is 0 Å². The van der Waals surface area contributed by atoms with Crippen molar-refractivity contribution in [2.24, 2.45) is 5.92 Å². The Balaban J connectivity index is 2.30. The molecule has 27 heavy (non-hydrogen) atoms. The third-order valence-electron chi connectivity index (χ3n) is 3.73. The quantitative estimate of drug-likeness (QED) is 0.584. The van der Waals surface area contributed by atoms with Crippen molar-refractivity contribution >= 4 is 23.0 Å². The molecule has 1 amide bonds. The fourth-order valence-electron chi connectivity index (χ4n) is 2.57. The number of nitrogens with zero attached hydrogens (tertiary/aromatic N) is 3. The number of aryl methyl sites for hydroxylation is 1. The maximum Gasteiger partial charge on any atom is 0.334 e. The van der Waals surface area contributed by atoms with E-state index < -0.39 is 34.4 Å². The highest BCUT2D eigenvalue weighted by Gasteiger charge is 2.19. The third kappa shape index (κ3) is 4.66. The lowest BCUT2D eigenvalue weighted by Crippen LogP contribution is -2.29. The Labute approximate surface area is 154 Å². The Morgan fingerprint density at radius 2 is 2.15 bits per heavy atom. The summed E-state index contributed by atoms with van der Waals surface area (Å²) in [5.41, 5.74) is 5.02. The molecule has 9 nitrogen and oxygen atoms in total. The monoisotopic (exact) mass is 377 g/mol. The van der Waals surface area contributed by atoms with Gasteiger partial charge in [0, 0.05) is 12.3 Å². The highest BCUT2D eigenvalue weighted by molar-refractivity contribution is 5.94. The van der Waals surface area contributed by atoms with Gasteiger partial charge in [-0.25, -0.2) is 4.39 Å². The van der Waals surface area contributed by atoms with E-state index in [2.05, 4.69) is 10.3 Å². The van der Waals surface area contributed by atoms with Gasteiger partial charge in [-0.1, -0.05) is 13.8 Å². The van der Waals surface area contributed by atoms with E-state index >= 15 is 0 Å². The van der Waals surface area contributed by atoms with E-state index in [1.165, 1.54) is 6.20 Å². The number of carbonyl (C=O) groups excluding carboxylic acids is 1. The highest BCUT2D eigenvalue weighted by Crippen LogP contribution is 2.26. The molecule has 0 aliphatic carbocycles. The molecular formula is C17H20FN5O4. The molecule has 3 N–H and O–H groups in total. The summed E-state index contributed by atoms with van der Waals surface area (Å²) in [5, 5.41) is 13.3. The van der Waals surface area contributed by atoms with Crippen LogP contribution in [0.4, 0.5) is 21.5 Å². The van der Waals surface area contributed by atoms with Gasteiger partial charge >= 0.3 is 11.2 Å². The van der Waals surface area contributed by atoms with Crippen molar-refractivity contribution in [1.29, 1.82) is 0 Å². The Bertz CT molecular complexity index is 955. The van der Waals surface area contributed by atoms with Crippen molar-refractivity contribution in [2.75, 3.05) is 11.1 Å². The smallest absolute Gasteiger partial charge is 0.334 e. The molecule has 144 valence electrons. The number of hydrogen-bond donors (Lipinski definition) is 2. The minimum Gasteiger partial charge on any atom is -0.395 e. The van der Waals surface area contributed by atoms with E-state index in [1.807, 2.05) is 13.8 Å². The van der Waals surface area contributed by atoms with Crippen LogP contribution in [0.15, 0.2) is 23.3 Å². The largest absolute Gasteiger partial charge is 0.395 e. The van der Waals surface area contributed by atoms with Gasteiger partial charge in [-0.05, 0) is 24.8 Å². The zero-order valence-electron chi connectivity index (χ0n) is 15.2. The van der Waals surface area contributed by atoms with Crippen LogP contribution in [-0.2, 0) is 17.8 Å². The number of nitrogens with two attached hydrogens (primary N) is 1. The molecule has 0 aliphatic heterocycles. The molecule has 2 aromatic heterocycles. The van der Waals surface area contributed by atoms with E-state index in [-0.39, 0.29) is 17.3 Å². The van der Waals surface area contributed by atoms with Crippen LogP contribution in [0.5, 0.6) is 0 Å². The van der Waals surface area contributed by atoms with E-state index in [1.54, 1.807) is 6.92 Å². The summed E-state index contributed by atoms with van der Waals surface area (Å²) in [6.07, 6.45) is 2.78. The maximum absolute atomic E-state index is 14.1. The number of hydrogen-bond acceptors (Lipinski definition) is 6. The molecule has 0 spiro atoms. The summed E-state index contributed by atoms with van der Waals surface area (Å²) in [6.45, 7) is 4.92. The Morgan fingerprint density at radius 1 is 1.48 bits per heavy atom. The van der Waals surface area contributed by atoms with Crippen LogP contribution in [0, 0.1) is 28.8 Å². The Hall–Kier alpha value is -3.30. The molecule has 0 aromatic carbocycles. The molecule has 0 unspecified atom stereocenters. The first-order valence-electron chi connectivity index (χ1n) is 8.18. The summed E-state index contributed by atoms with van der Waals surface area (Å²) in [5.74, 6) is -1.33. The van der Waals surface area contributed by atoms with Gasteiger partial charge in [0.2, 0.25) is 5.91 Å². The van der Waals surface area contributed by atoms with Crippen LogP contribution in [0.3, 0.4) is 0 Å². The van der Waals surface area contributed by atoms with Gasteiger partial charge in [0.15, 0.2) is 5.82 Å². The van der Waals surface area contributed by atoms with Crippen molar-refractivity contribution in [2.45, 2.75) is 33.7 Å². The van der Waals surface area contributed by atoms with Crippen molar-refractivity contribution in [1.82, 2.24) is 9.55 Å². The van der Waals surface area contributed by atoms with E-state index in [9.17, 15) is 24.1 Å². The average Bonchev–Trinajstić information content (AvgIpc) is 2.56. The lowest BCUT2D eigenvalue weighted by molar-refractivity contribution is -0.386. The van der Waals surface area contributed by atoms with Crippen molar-refractivity contribution in [3.63, 3.8) is 0 Å². The van der Waals surface area contributed by atoms with Gasteiger partial charge in [-0.15, -0.1) is 0 Å². The number of pyridine rings is 2. The highest BCUT2D eigenvalue weighted by atomic mass is 19.1. The van der Waals surface area contributed by atoms with E-state index in [0.29, 0.717) is 17.7 Å². The molecule has 0 atom stereocenters. The lowest BCUT2D eigenvalue weighted by Gasteiger charge is -2.14. The fraction of sp³-hybridized carbons (Fsp3) is 0.353. The normalized spacial score (nSPS) is 10.9. The summed E-state index contributed by atoms with van der Waals surface area (Å²) < 4.78 is 15.0. The average molecular weight is 377 g/mol. The molecular weight excluding hydrogens is 357 g/mol. The van der Waals surface area contributed by atoms with Gasteiger partial charge in [0.05, 0.1) is 22.5 Å². The van der Waals surface area contributed by atoms with Crippen LogP contribution in [0.1, 0.15) is 25.1 Å². The first-order chi connectivity index (χ1) is 12.6. The molecule has 0 radical (unpaired) electrons. The second-order valence-corrected chi connectivity index (χ2v) is 6.58. The van der Waals surface area contributed by atoms with Crippen molar-refractivity contribution in [3.05, 3.63) is 56.0 Å². The zero-order chi connectivity index (χ0) is 20.3. The molecule has 2 rings (SSSR count). The number of nitro groups is 1. The standard InChI is InChI=1S/C17H20FN5O4/c1-9(2)4-12-15(19)16(11(18)6-20-12)21-14(24)8-22-7-10(3)5-13(17(22)25)23(26)27/h5-7,9H,4,8,19H2,1-3H3,(H,20,21,24). The van der Waals surface area contributed by atoms with Crippen LogP contribution in [0.25, 0.3) is 0 Å². The van der Waals surface area contributed by atoms with Gasteiger partial charge in [0.25, 0.3) is 0 Å². The number of nitrogens with one attached hydrogen (secondary N) is 1.